The summed E-state index contributed by atoms with van der Waals surface area (Å²) in [4.78, 5) is 13.8. The van der Waals surface area contributed by atoms with Crippen molar-refractivity contribution in [2.45, 2.75) is 45.1 Å². The Kier molecular flexibility index (Phi) is 5.40. The van der Waals surface area contributed by atoms with Crippen LogP contribution in [0.15, 0.2) is 30.3 Å². The first-order valence-corrected chi connectivity index (χ1v) is 7.97. The Labute approximate surface area is 128 Å². The summed E-state index contributed by atoms with van der Waals surface area (Å²) in [7, 11) is 2.08. The number of nitrogens with zero attached hydrogens (tertiary/aromatic N) is 1. The third-order valence-corrected chi connectivity index (χ3v) is 4.62. The van der Waals surface area contributed by atoms with Crippen molar-refractivity contribution in [3.8, 4) is 0 Å². The lowest BCUT2D eigenvalue weighted by Crippen LogP contribution is -2.46. The third-order valence-electron chi connectivity index (χ3n) is 4.62. The van der Waals surface area contributed by atoms with Crippen molar-refractivity contribution in [1.82, 2.24) is 4.90 Å². The van der Waals surface area contributed by atoms with Crippen molar-refractivity contribution < 1.29 is 9.90 Å². The smallest absolute Gasteiger partial charge is 0.308 e. The highest BCUT2D eigenvalue weighted by Crippen LogP contribution is 2.38. The molecule has 0 radical (unpaired) electrons. The molecule has 21 heavy (non-hydrogen) atoms. The van der Waals surface area contributed by atoms with E-state index in [0.29, 0.717) is 11.8 Å². The quantitative estimate of drug-likeness (QED) is 0.900. The summed E-state index contributed by atoms with van der Waals surface area (Å²) in [5.74, 6) is 0.179. The average Bonchev–Trinajstić information content (AvgIpc) is 2.46. The van der Waals surface area contributed by atoms with Crippen LogP contribution in [0, 0.1) is 11.8 Å². The maximum absolute atomic E-state index is 11.6. The predicted octanol–water partition coefficient (Wildman–Crippen LogP) is 3.61. The van der Waals surface area contributed by atoms with Gasteiger partial charge in [-0.25, -0.2) is 0 Å². The highest BCUT2D eigenvalue weighted by molar-refractivity contribution is 5.71. The average molecular weight is 289 g/mol. The molecule has 1 saturated carbocycles. The van der Waals surface area contributed by atoms with E-state index in [0.717, 1.165) is 25.8 Å². The first-order valence-electron chi connectivity index (χ1n) is 7.97. The number of hydrogen-bond acceptors (Lipinski definition) is 2. The maximum atomic E-state index is 11.6. The van der Waals surface area contributed by atoms with Crippen molar-refractivity contribution >= 4 is 5.97 Å². The van der Waals surface area contributed by atoms with Crippen LogP contribution in [0.5, 0.6) is 0 Å². The van der Waals surface area contributed by atoms with Gasteiger partial charge in [0.2, 0.25) is 0 Å². The van der Waals surface area contributed by atoms with Crippen molar-refractivity contribution in [3.63, 3.8) is 0 Å². The number of hydrogen-bond donors (Lipinski definition) is 1. The van der Waals surface area contributed by atoms with Crippen LogP contribution in [-0.4, -0.2) is 35.6 Å². The molecule has 3 heteroatoms. The van der Waals surface area contributed by atoms with Crippen LogP contribution in [0.2, 0.25) is 0 Å². The molecule has 0 aliphatic heterocycles. The monoisotopic (exact) mass is 289 g/mol. The molecule has 1 N–H and O–H groups in total. The lowest BCUT2D eigenvalue weighted by Gasteiger charge is -2.40. The van der Waals surface area contributed by atoms with Gasteiger partial charge < -0.3 is 10.0 Å². The molecule has 1 fully saturated rings. The summed E-state index contributed by atoms with van der Waals surface area (Å²) in [5, 5.41) is 9.52. The molecule has 0 saturated heterocycles. The van der Waals surface area contributed by atoms with Gasteiger partial charge in [0.05, 0.1) is 5.92 Å². The molecular weight excluding hydrogens is 262 g/mol. The summed E-state index contributed by atoms with van der Waals surface area (Å²) in [6.07, 6.45) is 2.71. The fraction of sp³-hybridized carbons (Fsp3) is 0.611. The van der Waals surface area contributed by atoms with Gasteiger partial charge in [0.15, 0.2) is 0 Å². The van der Waals surface area contributed by atoms with Gasteiger partial charge in [0.25, 0.3) is 0 Å². The van der Waals surface area contributed by atoms with Gasteiger partial charge in [0.1, 0.15) is 0 Å². The largest absolute Gasteiger partial charge is 0.481 e. The molecule has 0 spiro atoms. The fourth-order valence-corrected chi connectivity index (χ4v) is 3.66. The van der Waals surface area contributed by atoms with Crippen LogP contribution < -0.4 is 0 Å². The summed E-state index contributed by atoms with van der Waals surface area (Å²) in [6.45, 7) is 5.32. The van der Waals surface area contributed by atoms with Crippen molar-refractivity contribution in [3.05, 3.63) is 35.9 Å². The van der Waals surface area contributed by atoms with Crippen molar-refractivity contribution in [1.29, 1.82) is 0 Å². The van der Waals surface area contributed by atoms with Gasteiger partial charge in [0, 0.05) is 12.6 Å². The van der Waals surface area contributed by atoms with E-state index in [9.17, 15) is 9.90 Å². The number of carbonyl (C=O) groups is 1. The van der Waals surface area contributed by atoms with E-state index in [1.165, 1.54) is 5.56 Å². The molecular formula is C18H27NO2. The summed E-state index contributed by atoms with van der Waals surface area (Å²) < 4.78 is 0. The normalized spacial score (nSPS) is 26.2. The second-order valence-electron chi connectivity index (χ2n) is 6.77. The second kappa shape index (κ2) is 7.08. The predicted molar refractivity (Wildman–Crippen MR) is 85.4 cm³/mol. The molecule has 3 unspecified atom stereocenters. The molecule has 0 aromatic heterocycles. The van der Waals surface area contributed by atoms with Gasteiger partial charge in [-0.3, -0.25) is 4.79 Å². The minimum Gasteiger partial charge on any atom is -0.481 e. The van der Waals surface area contributed by atoms with Crippen LogP contribution in [0.25, 0.3) is 0 Å². The lowest BCUT2D eigenvalue weighted by molar-refractivity contribution is -0.145. The van der Waals surface area contributed by atoms with Crippen LogP contribution in [0.4, 0.5) is 0 Å². The van der Waals surface area contributed by atoms with E-state index in [2.05, 4.69) is 50.1 Å². The van der Waals surface area contributed by atoms with Crippen LogP contribution >= 0.6 is 0 Å². The van der Waals surface area contributed by atoms with E-state index in [4.69, 9.17) is 0 Å². The van der Waals surface area contributed by atoms with Crippen molar-refractivity contribution in [2.24, 2.45) is 11.8 Å². The number of aliphatic carboxylic acids is 1. The molecule has 0 bridgehead atoms. The molecule has 0 amide bonds. The van der Waals surface area contributed by atoms with E-state index in [1.807, 2.05) is 6.07 Å². The lowest BCUT2D eigenvalue weighted by atomic mass is 9.75. The second-order valence-corrected chi connectivity index (χ2v) is 6.77. The maximum Gasteiger partial charge on any atom is 0.308 e. The highest BCUT2D eigenvalue weighted by Gasteiger charge is 2.37. The number of benzene rings is 1. The Balaban J connectivity index is 2.13. The third kappa shape index (κ3) is 4.07. The summed E-state index contributed by atoms with van der Waals surface area (Å²) >= 11 is 0. The Morgan fingerprint density at radius 1 is 1.29 bits per heavy atom. The molecule has 0 heterocycles. The van der Waals surface area contributed by atoms with E-state index < -0.39 is 5.97 Å². The minimum atomic E-state index is -0.637. The van der Waals surface area contributed by atoms with Gasteiger partial charge >= 0.3 is 5.97 Å². The van der Waals surface area contributed by atoms with E-state index in [1.54, 1.807) is 0 Å². The van der Waals surface area contributed by atoms with Crippen LogP contribution in [-0.2, 0) is 4.79 Å². The number of carboxylic acids is 1. The zero-order valence-corrected chi connectivity index (χ0v) is 13.3. The molecule has 116 valence electrons. The van der Waals surface area contributed by atoms with E-state index >= 15 is 0 Å². The molecule has 1 aliphatic rings. The summed E-state index contributed by atoms with van der Waals surface area (Å²) in [5.41, 5.74) is 1.35. The first-order chi connectivity index (χ1) is 9.99. The standard InChI is InChI=1S/C18H27NO2/c1-13(2)12-19(3)17-11-15(9-10-16(17)18(20)21)14-7-5-4-6-8-14/h4-8,13,15-17H,9-12H2,1-3H3,(H,20,21). The zero-order valence-electron chi connectivity index (χ0n) is 13.3. The zero-order chi connectivity index (χ0) is 15.4. The fourth-order valence-electron chi connectivity index (χ4n) is 3.66. The van der Waals surface area contributed by atoms with Gasteiger partial charge in [-0.05, 0) is 43.7 Å². The van der Waals surface area contributed by atoms with E-state index in [-0.39, 0.29) is 12.0 Å². The van der Waals surface area contributed by atoms with Gasteiger partial charge in [-0.1, -0.05) is 44.2 Å². The molecule has 1 aliphatic carbocycles. The molecule has 1 aromatic carbocycles. The molecule has 3 nitrogen and oxygen atoms in total. The Bertz CT molecular complexity index is 458. The Morgan fingerprint density at radius 3 is 2.52 bits per heavy atom. The van der Waals surface area contributed by atoms with Crippen molar-refractivity contribution in [2.75, 3.05) is 13.6 Å². The number of rotatable bonds is 5. The number of carboxylic acid groups (broad SMARTS) is 1. The Hall–Kier alpha value is -1.35. The molecule has 1 aromatic rings. The highest BCUT2D eigenvalue weighted by atomic mass is 16.4. The van der Waals surface area contributed by atoms with Crippen LogP contribution in [0.3, 0.4) is 0 Å². The van der Waals surface area contributed by atoms with Gasteiger partial charge in [-0.15, -0.1) is 0 Å². The summed E-state index contributed by atoms with van der Waals surface area (Å²) in [6, 6.07) is 10.7. The molecule has 3 atom stereocenters. The topological polar surface area (TPSA) is 40.5 Å². The van der Waals surface area contributed by atoms with Gasteiger partial charge in [-0.2, -0.15) is 0 Å². The Morgan fingerprint density at radius 2 is 1.95 bits per heavy atom. The van der Waals surface area contributed by atoms with Crippen LogP contribution in [0.1, 0.15) is 44.6 Å². The molecule has 2 rings (SSSR count). The minimum absolute atomic E-state index is 0.142. The first kappa shape index (κ1) is 16.0. The SMILES string of the molecule is CC(C)CN(C)C1CC(c2ccccc2)CCC1C(=O)O.